The van der Waals surface area contributed by atoms with Gasteiger partial charge in [0.25, 0.3) is 5.69 Å². The fourth-order valence-corrected chi connectivity index (χ4v) is 1.40. The quantitative estimate of drug-likeness (QED) is 0.590. The average molecular weight is 228 g/mol. The van der Waals surface area contributed by atoms with Gasteiger partial charge in [0, 0.05) is 30.3 Å². The van der Waals surface area contributed by atoms with Crippen LogP contribution in [0.2, 0.25) is 0 Å². The predicted molar refractivity (Wildman–Crippen MR) is 56.3 cm³/mol. The molecule has 0 aliphatic heterocycles. The third kappa shape index (κ3) is 2.98. The Morgan fingerprint density at radius 3 is 2.81 bits per heavy atom. The van der Waals surface area contributed by atoms with Crippen LogP contribution in [-0.2, 0) is 0 Å². The van der Waals surface area contributed by atoms with Crippen molar-refractivity contribution in [2.45, 2.75) is 18.9 Å². The van der Waals surface area contributed by atoms with Gasteiger partial charge in [-0.15, -0.1) is 0 Å². The van der Waals surface area contributed by atoms with Gasteiger partial charge in [-0.3, -0.25) is 10.1 Å². The van der Waals surface area contributed by atoms with Crippen molar-refractivity contribution in [1.82, 2.24) is 0 Å². The van der Waals surface area contributed by atoms with Gasteiger partial charge in [-0.1, -0.05) is 0 Å². The van der Waals surface area contributed by atoms with Crippen molar-refractivity contribution in [3.05, 3.63) is 39.7 Å². The molecular formula is C10H13FN2O3. The molecule has 0 fully saturated rings. The molecule has 0 spiro atoms. The first kappa shape index (κ1) is 12.5. The fraction of sp³-hybridized carbons (Fsp3) is 0.400. The number of benzene rings is 1. The van der Waals surface area contributed by atoms with Gasteiger partial charge < -0.3 is 10.8 Å². The van der Waals surface area contributed by atoms with E-state index >= 15 is 0 Å². The molecule has 1 atom stereocenters. The Morgan fingerprint density at radius 1 is 1.56 bits per heavy atom. The first-order valence-electron chi connectivity index (χ1n) is 4.86. The number of halogens is 1. The molecule has 0 heterocycles. The molecule has 0 unspecified atom stereocenters. The normalized spacial score (nSPS) is 12.4. The summed E-state index contributed by atoms with van der Waals surface area (Å²) >= 11 is 0. The lowest BCUT2D eigenvalue weighted by Gasteiger charge is -2.11. The summed E-state index contributed by atoms with van der Waals surface area (Å²) in [4.78, 5) is 9.91. The summed E-state index contributed by atoms with van der Waals surface area (Å²) in [5, 5.41) is 19.1. The summed E-state index contributed by atoms with van der Waals surface area (Å²) in [5.74, 6) is -0.559. The maximum atomic E-state index is 13.3. The number of hydrogen-bond acceptors (Lipinski definition) is 4. The molecular weight excluding hydrogens is 215 g/mol. The van der Waals surface area contributed by atoms with Crippen molar-refractivity contribution < 1.29 is 14.4 Å². The number of aliphatic hydroxyl groups is 1. The third-order valence-electron chi connectivity index (χ3n) is 2.26. The van der Waals surface area contributed by atoms with Gasteiger partial charge in [-0.2, -0.15) is 0 Å². The highest BCUT2D eigenvalue weighted by Crippen LogP contribution is 2.23. The monoisotopic (exact) mass is 228 g/mol. The van der Waals surface area contributed by atoms with Crippen LogP contribution >= 0.6 is 0 Å². The maximum absolute atomic E-state index is 13.3. The van der Waals surface area contributed by atoms with E-state index in [9.17, 15) is 14.5 Å². The smallest absolute Gasteiger partial charge is 0.269 e. The molecule has 1 aromatic carbocycles. The van der Waals surface area contributed by atoms with Crippen LogP contribution in [0.5, 0.6) is 0 Å². The molecule has 0 bridgehead atoms. The number of nitro groups is 1. The number of non-ortho nitro benzene ring substituents is 1. The minimum absolute atomic E-state index is 0.0375. The van der Waals surface area contributed by atoms with Crippen LogP contribution in [0.25, 0.3) is 0 Å². The predicted octanol–water partition coefficient (Wildman–Crippen LogP) is 1.51. The molecule has 5 nitrogen and oxygen atoms in total. The molecule has 0 saturated heterocycles. The molecule has 6 heteroatoms. The molecule has 0 radical (unpaired) electrons. The van der Waals surface area contributed by atoms with Crippen molar-refractivity contribution >= 4 is 5.69 Å². The molecule has 0 saturated carbocycles. The van der Waals surface area contributed by atoms with E-state index in [-0.39, 0.29) is 17.9 Å². The van der Waals surface area contributed by atoms with E-state index in [1.807, 2.05) is 0 Å². The van der Waals surface area contributed by atoms with Crippen molar-refractivity contribution in [2.24, 2.45) is 5.73 Å². The lowest BCUT2D eigenvalue weighted by Crippen LogP contribution is -2.13. The summed E-state index contributed by atoms with van der Waals surface area (Å²) in [6.07, 6.45) is 0.817. The van der Waals surface area contributed by atoms with Crippen LogP contribution in [0.3, 0.4) is 0 Å². The van der Waals surface area contributed by atoms with Crippen molar-refractivity contribution in [1.29, 1.82) is 0 Å². The van der Waals surface area contributed by atoms with E-state index < -0.39 is 16.8 Å². The lowest BCUT2D eigenvalue weighted by molar-refractivity contribution is -0.385. The van der Waals surface area contributed by atoms with Crippen LogP contribution in [0.4, 0.5) is 10.1 Å². The second-order valence-corrected chi connectivity index (χ2v) is 3.44. The zero-order valence-electron chi connectivity index (χ0n) is 8.60. The second-order valence-electron chi connectivity index (χ2n) is 3.44. The number of aliphatic hydroxyl groups excluding tert-OH is 1. The Kier molecular flexibility index (Phi) is 4.33. The Morgan fingerprint density at radius 2 is 2.25 bits per heavy atom. The summed E-state index contributed by atoms with van der Waals surface area (Å²) in [5.41, 5.74) is 5.61. The van der Waals surface area contributed by atoms with Crippen LogP contribution in [-0.4, -0.2) is 16.6 Å². The molecule has 0 aliphatic rings. The molecule has 0 aliphatic carbocycles. The van der Waals surface area contributed by atoms with E-state index in [4.69, 9.17) is 10.8 Å². The van der Waals surface area contributed by atoms with Crippen LogP contribution < -0.4 is 5.73 Å². The van der Waals surface area contributed by atoms with Crippen LogP contribution in [0.15, 0.2) is 18.2 Å². The van der Waals surface area contributed by atoms with Gasteiger partial charge >= 0.3 is 0 Å². The highest BCUT2D eigenvalue weighted by molar-refractivity contribution is 5.36. The molecule has 0 amide bonds. The fourth-order valence-electron chi connectivity index (χ4n) is 1.40. The van der Waals surface area contributed by atoms with E-state index in [0.29, 0.717) is 12.8 Å². The minimum Gasteiger partial charge on any atom is -0.396 e. The highest BCUT2D eigenvalue weighted by atomic mass is 19.1. The standard InChI is InChI=1S/C10H13FN2O3/c11-9-4-3-7(13(15)16)6-8(9)10(12)2-1-5-14/h3-4,6,10,14H,1-2,5,12H2/t10-/m1/s1. The summed E-state index contributed by atoms with van der Waals surface area (Å²) in [7, 11) is 0. The van der Waals surface area contributed by atoms with Gasteiger partial charge in [-0.05, 0) is 18.9 Å². The van der Waals surface area contributed by atoms with E-state index in [1.54, 1.807) is 0 Å². The Labute approximate surface area is 91.8 Å². The van der Waals surface area contributed by atoms with Gasteiger partial charge in [0.15, 0.2) is 0 Å². The number of hydrogen-bond donors (Lipinski definition) is 2. The zero-order chi connectivity index (χ0) is 12.1. The van der Waals surface area contributed by atoms with Crippen molar-refractivity contribution in [3.63, 3.8) is 0 Å². The van der Waals surface area contributed by atoms with Gasteiger partial charge in [0.2, 0.25) is 0 Å². The summed E-state index contributed by atoms with van der Waals surface area (Å²) in [6.45, 7) is -0.0375. The summed E-state index contributed by atoms with van der Waals surface area (Å²) in [6, 6.07) is 2.63. The van der Waals surface area contributed by atoms with Gasteiger partial charge in [0.1, 0.15) is 5.82 Å². The minimum atomic E-state index is -0.632. The van der Waals surface area contributed by atoms with E-state index in [2.05, 4.69) is 0 Å². The number of rotatable bonds is 5. The second kappa shape index (κ2) is 5.53. The van der Waals surface area contributed by atoms with Crippen molar-refractivity contribution in [2.75, 3.05) is 6.61 Å². The van der Waals surface area contributed by atoms with E-state index in [1.165, 1.54) is 0 Å². The molecule has 3 N–H and O–H groups in total. The average Bonchev–Trinajstić information content (AvgIpc) is 2.26. The first-order chi connectivity index (χ1) is 7.56. The van der Waals surface area contributed by atoms with Crippen molar-refractivity contribution in [3.8, 4) is 0 Å². The first-order valence-corrected chi connectivity index (χ1v) is 4.86. The van der Waals surface area contributed by atoms with Crippen LogP contribution in [0, 0.1) is 15.9 Å². The number of nitro benzene ring substituents is 1. The largest absolute Gasteiger partial charge is 0.396 e. The maximum Gasteiger partial charge on any atom is 0.269 e. The third-order valence-corrected chi connectivity index (χ3v) is 2.26. The van der Waals surface area contributed by atoms with E-state index in [0.717, 1.165) is 18.2 Å². The molecule has 0 aromatic heterocycles. The van der Waals surface area contributed by atoms with Gasteiger partial charge in [-0.25, -0.2) is 4.39 Å². The lowest BCUT2D eigenvalue weighted by atomic mass is 10.0. The SMILES string of the molecule is N[C@H](CCCO)c1cc([N+](=O)[O-])ccc1F. The molecule has 1 aromatic rings. The van der Waals surface area contributed by atoms with Gasteiger partial charge in [0.05, 0.1) is 4.92 Å². The Bertz CT molecular complexity index is 384. The Balaban J connectivity index is 2.92. The Hall–Kier alpha value is -1.53. The summed E-state index contributed by atoms with van der Waals surface area (Å²) < 4.78 is 13.3. The molecule has 16 heavy (non-hydrogen) atoms. The zero-order valence-corrected chi connectivity index (χ0v) is 8.60. The molecule has 1 rings (SSSR count). The number of nitrogens with two attached hydrogens (primary N) is 1. The van der Waals surface area contributed by atoms with Crippen LogP contribution in [0.1, 0.15) is 24.4 Å². The topological polar surface area (TPSA) is 89.4 Å². The highest BCUT2D eigenvalue weighted by Gasteiger charge is 2.15. The molecule has 88 valence electrons. The number of nitrogens with zero attached hydrogens (tertiary/aromatic N) is 1.